The van der Waals surface area contributed by atoms with Crippen LogP contribution < -0.4 is 0 Å². The largest absolute Gasteiger partial charge is 0.469 e. The number of unbranched alkanes of at least 4 members (excludes halogenated alkanes) is 9. The maximum Gasteiger partial charge on any atom is 0.305 e. The summed E-state index contributed by atoms with van der Waals surface area (Å²) in [5.41, 5.74) is 0. The minimum Gasteiger partial charge on any atom is -0.469 e. The molecule has 0 aliphatic rings. The van der Waals surface area contributed by atoms with Crippen LogP contribution in [0, 0.1) is 0 Å². The quantitative estimate of drug-likeness (QED) is 0.320. The van der Waals surface area contributed by atoms with Crippen LogP contribution in [0.15, 0.2) is 0 Å². The van der Waals surface area contributed by atoms with Crippen molar-refractivity contribution in [3.8, 4) is 0 Å². The summed E-state index contributed by atoms with van der Waals surface area (Å²) in [5.74, 6) is -0.0698. The summed E-state index contributed by atoms with van der Waals surface area (Å²) < 4.78 is 4.59. The number of carbonyl (C=O) groups excluding carboxylic acids is 1. The Bertz CT molecular complexity index is 160. The van der Waals surface area contributed by atoms with Gasteiger partial charge < -0.3 is 4.74 Å². The summed E-state index contributed by atoms with van der Waals surface area (Å²) in [7, 11) is 1.46. The van der Waals surface area contributed by atoms with Crippen LogP contribution in [-0.4, -0.2) is 64.5 Å². The van der Waals surface area contributed by atoms with Crippen molar-refractivity contribution in [3.63, 3.8) is 0 Å². The molecule has 1 radical (unpaired) electrons. The van der Waals surface area contributed by atoms with Crippen LogP contribution in [0.25, 0.3) is 0 Å². The maximum absolute atomic E-state index is 10.8. The maximum atomic E-state index is 10.8. The van der Waals surface area contributed by atoms with Gasteiger partial charge in [-0.05, 0) is 6.42 Å². The molecular weight excluding hydrogens is 239 g/mol. The molecular formula is C14H28KO2. The molecule has 0 atom stereocenters. The molecule has 0 fully saturated rings. The molecule has 0 bridgehead atoms. The van der Waals surface area contributed by atoms with Gasteiger partial charge in [0, 0.05) is 57.8 Å². The first-order valence-electron chi connectivity index (χ1n) is 6.88. The van der Waals surface area contributed by atoms with Crippen LogP contribution >= 0.6 is 0 Å². The first-order chi connectivity index (χ1) is 7.81. The fourth-order valence-electron chi connectivity index (χ4n) is 1.86. The molecule has 0 aliphatic carbocycles. The van der Waals surface area contributed by atoms with Crippen LogP contribution in [-0.2, 0) is 9.53 Å². The van der Waals surface area contributed by atoms with E-state index in [-0.39, 0.29) is 57.4 Å². The normalized spacial score (nSPS) is 9.76. The van der Waals surface area contributed by atoms with Crippen molar-refractivity contribution in [1.82, 2.24) is 0 Å². The number of esters is 1. The van der Waals surface area contributed by atoms with E-state index in [2.05, 4.69) is 11.7 Å². The van der Waals surface area contributed by atoms with Gasteiger partial charge in [0.05, 0.1) is 7.11 Å². The topological polar surface area (TPSA) is 26.3 Å². The van der Waals surface area contributed by atoms with Crippen LogP contribution in [0.5, 0.6) is 0 Å². The number of rotatable bonds is 11. The van der Waals surface area contributed by atoms with Crippen molar-refractivity contribution in [2.24, 2.45) is 0 Å². The van der Waals surface area contributed by atoms with Gasteiger partial charge in [-0.3, -0.25) is 4.79 Å². The molecule has 0 saturated carbocycles. The minimum absolute atomic E-state index is 0. The average Bonchev–Trinajstić information content (AvgIpc) is 2.31. The van der Waals surface area contributed by atoms with Gasteiger partial charge in [0.2, 0.25) is 0 Å². The SMILES string of the molecule is CCCCCCCCCCCCC(=O)OC.[K]. The average molecular weight is 267 g/mol. The summed E-state index contributed by atoms with van der Waals surface area (Å²) in [6.45, 7) is 2.25. The predicted octanol–water partition coefficient (Wildman–Crippen LogP) is 4.09. The molecule has 0 saturated heterocycles. The summed E-state index contributed by atoms with van der Waals surface area (Å²) in [6, 6.07) is 0. The second-order valence-electron chi connectivity index (χ2n) is 4.51. The fourth-order valence-corrected chi connectivity index (χ4v) is 1.86. The Morgan fingerprint density at radius 1 is 0.824 bits per heavy atom. The van der Waals surface area contributed by atoms with E-state index in [0.717, 1.165) is 6.42 Å². The van der Waals surface area contributed by atoms with Crippen LogP contribution in [0.1, 0.15) is 77.6 Å². The standard InChI is InChI=1S/C14H28O2.K/c1-3-4-5-6-7-8-9-10-11-12-13-14(15)16-2;/h3-13H2,1-2H3;. The molecule has 0 rings (SSSR count). The van der Waals surface area contributed by atoms with Crippen molar-refractivity contribution >= 4 is 57.4 Å². The molecule has 0 heterocycles. The third-order valence-electron chi connectivity index (χ3n) is 2.96. The van der Waals surface area contributed by atoms with Crippen molar-refractivity contribution < 1.29 is 9.53 Å². The fraction of sp³-hybridized carbons (Fsp3) is 0.929. The van der Waals surface area contributed by atoms with E-state index in [1.807, 2.05) is 0 Å². The predicted molar refractivity (Wildman–Crippen MR) is 74.2 cm³/mol. The van der Waals surface area contributed by atoms with Gasteiger partial charge in [0.25, 0.3) is 0 Å². The number of hydrogen-bond donors (Lipinski definition) is 0. The zero-order valence-corrected chi connectivity index (χ0v) is 15.2. The van der Waals surface area contributed by atoms with Gasteiger partial charge in [0.1, 0.15) is 0 Å². The minimum atomic E-state index is -0.0698. The van der Waals surface area contributed by atoms with Crippen molar-refractivity contribution in [3.05, 3.63) is 0 Å². The summed E-state index contributed by atoms with van der Waals surface area (Å²) >= 11 is 0. The Kier molecular flexibility index (Phi) is 20.6. The molecule has 97 valence electrons. The van der Waals surface area contributed by atoms with Gasteiger partial charge in [-0.1, -0.05) is 64.7 Å². The van der Waals surface area contributed by atoms with Gasteiger partial charge in [-0.15, -0.1) is 0 Å². The van der Waals surface area contributed by atoms with Gasteiger partial charge in [-0.2, -0.15) is 0 Å². The van der Waals surface area contributed by atoms with E-state index in [1.54, 1.807) is 0 Å². The molecule has 2 nitrogen and oxygen atoms in total. The molecule has 0 N–H and O–H groups in total. The molecule has 0 aromatic heterocycles. The van der Waals surface area contributed by atoms with Crippen molar-refractivity contribution in [1.29, 1.82) is 0 Å². The monoisotopic (exact) mass is 267 g/mol. The summed E-state index contributed by atoms with van der Waals surface area (Å²) in [5, 5.41) is 0. The van der Waals surface area contributed by atoms with Crippen LogP contribution in [0.4, 0.5) is 0 Å². The molecule has 17 heavy (non-hydrogen) atoms. The number of carbonyl (C=O) groups is 1. The third-order valence-corrected chi connectivity index (χ3v) is 2.96. The second-order valence-corrected chi connectivity index (χ2v) is 4.51. The Morgan fingerprint density at radius 2 is 1.24 bits per heavy atom. The Balaban J connectivity index is 0. The van der Waals surface area contributed by atoms with E-state index in [4.69, 9.17) is 0 Å². The van der Waals surface area contributed by atoms with Crippen LogP contribution in [0.3, 0.4) is 0 Å². The van der Waals surface area contributed by atoms with E-state index in [0.29, 0.717) is 6.42 Å². The van der Waals surface area contributed by atoms with Crippen LogP contribution in [0.2, 0.25) is 0 Å². The van der Waals surface area contributed by atoms with Gasteiger partial charge in [0.15, 0.2) is 0 Å². The molecule has 0 aliphatic heterocycles. The molecule has 0 unspecified atom stereocenters. The first-order valence-corrected chi connectivity index (χ1v) is 6.88. The van der Waals surface area contributed by atoms with E-state index in [1.165, 1.54) is 64.9 Å². The first kappa shape index (κ1) is 20.4. The number of hydrogen-bond acceptors (Lipinski definition) is 2. The molecule has 0 amide bonds. The summed E-state index contributed by atoms with van der Waals surface area (Å²) in [6.07, 6.45) is 13.6. The van der Waals surface area contributed by atoms with Gasteiger partial charge >= 0.3 is 5.97 Å². The number of methoxy groups -OCH3 is 1. The van der Waals surface area contributed by atoms with E-state index >= 15 is 0 Å². The Hall–Kier alpha value is 1.11. The van der Waals surface area contributed by atoms with Gasteiger partial charge in [-0.25, -0.2) is 0 Å². The Labute approximate surface area is 150 Å². The second kappa shape index (κ2) is 17.1. The number of ether oxygens (including phenoxy) is 1. The Morgan fingerprint density at radius 3 is 1.65 bits per heavy atom. The van der Waals surface area contributed by atoms with Crippen molar-refractivity contribution in [2.75, 3.05) is 7.11 Å². The third kappa shape index (κ3) is 17.1. The molecule has 0 spiro atoms. The summed E-state index contributed by atoms with van der Waals surface area (Å²) in [4.78, 5) is 10.8. The molecule has 3 heteroatoms. The molecule has 0 aromatic carbocycles. The zero-order valence-electron chi connectivity index (χ0n) is 12.1. The van der Waals surface area contributed by atoms with E-state index < -0.39 is 0 Å². The van der Waals surface area contributed by atoms with Crippen molar-refractivity contribution in [2.45, 2.75) is 77.6 Å². The zero-order chi connectivity index (χ0) is 12.1. The van der Waals surface area contributed by atoms with E-state index in [9.17, 15) is 4.79 Å². The smallest absolute Gasteiger partial charge is 0.305 e. The molecule has 0 aromatic rings.